The van der Waals surface area contributed by atoms with Crippen molar-refractivity contribution in [1.82, 2.24) is 10.3 Å². The van der Waals surface area contributed by atoms with Gasteiger partial charge in [0.2, 0.25) is 0 Å². The third kappa shape index (κ3) is 2.07. The molecule has 0 spiro atoms. The van der Waals surface area contributed by atoms with E-state index in [9.17, 15) is 0 Å². The van der Waals surface area contributed by atoms with Crippen LogP contribution in [0.15, 0.2) is 24.5 Å². The van der Waals surface area contributed by atoms with Crippen molar-refractivity contribution in [2.45, 2.75) is 19.3 Å². The van der Waals surface area contributed by atoms with E-state index in [1.807, 2.05) is 19.4 Å². The van der Waals surface area contributed by atoms with Crippen molar-refractivity contribution < 1.29 is 0 Å². The second-order valence-corrected chi connectivity index (χ2v) is 4.06. The minimum Gasteiger partial charge on any atom is -0.319 e. The van der Waals surface area contributed by atoms with Gasteiger partial charge >= 0.3 is 0 Å². The first kappa shape index (κ1) is 8.70. The van der Waals surface area contributed by atoms with Crippen molar-refractivity contribution >= 4 is 0 Å². The molecule has 0 unspecified atom stereocenters. The molecule has 1 aromatic heterocycles. The summed E-state index contributed by atoms with van der Waals surface area (Å²) >= 11 is 0. The lowest BCUT2D eigenvalue weighted by Gasteiger charge is -2.13. The molecule has 1 aliphatic rings. The summed E-state index contributed by atoms with van der Waals surface area (Å²) in [6, 6.07) is 4.24. The van der Waals surface area contributed by atoms with Crippen LogP contribution in [0, 0.1) is 5.41 Å². The number of aromatic nitrogens is 1. The van der Waals surface area contributed by atoms with Crippen LogP contribution in [0.4, 0.5) is 0 Å². The van der Waals surface area contributed by atoms with Crippen molar-refractivity contribution in [2.75, 3.05) is 13.6 Å². The Morgan fingerprint density at radius 1 is 1.38 bits per heavy atom. The second-order valence-electron chi connectivity index (χ2n) is 4.06. The van der Waals surface area contributed by atoms with Gasteiger partial charge in [-0.05, 0) is 49.4 Å². The van der Waals surface area contributed by atoms with Crippen LogP contribution < -0.4 is 5.32 Å². The molecule has 1 heterocycles. The van der Waals surface area contributed by atoms with Crippen molar-refractivity contribution in [1.29, 1.82) is 0 Å². The molecule has 0 aromatic carbocycles. The summed E-state index contributed by atoms with van der Waals surface area (Å²) in [6.07, 6.45) is 7.71. The van der Waals surface area contributed by atoms with E-state index in [1.54, 1.807) is 0 Å². The molecule has 0 atom stereocenters. The summed E-state index contributed by atoms with van der Waals surface area (Å²) in [6.45, 7) is 1.15. The van der Waals surface area contributed by atoms with E-state index >= 15 is 0 Å². The third-order valence-corrected chi connectivity index (χ3v) is 2.84. The fourth-order valence-electron chi connectivity index (χ4n) is 1.90. The van der Waals surface area contributed by atoms with Gasteiger partial charge in [0, 0.05) is 18.9 Å². The van der Waals surface area contributed by atoms with E-state index in [0.29, 0.717) is 5.41 Å². The van der Waals surface area contributed by atoms with Crippen LogP contribution in [0.25, 0.3) is 0 Å². The van der Waals surface area contributed by atoms with E-state index in [2.05, 4.69) is 22.4 Å². The lowest BCUT2D eigenvalue weighted by Crippen LogP contribution is -2.21. The molecule has 0 saturated heterocycles. The molecule has 1 N–H and O–H groups in total. The minimum atomic E-state index is 0.566. The van der Waals surface area contributed by atoms with Gasteiger partial charge in [-0.25, -0.2) is 0 Å². The Morgan fingerprint density at radius 2 is 2.08 bits per heavy atom. The molecule has 0 amide bonds. The smallest absolute Gasteiger partial charge is 0.0270 e. The molecule has 2 heteroatoms. The summed E-state index contributed by atoms with van der Waals surface area (Å²) in [5.41, 5.74) is 1.98. The highest BCUT2D eigenvalue weighted by atomic mass is 14.8. The van der Waals surface area contributed by atoms with E-state index in [1.165, 1.54) is 24.8 Å². The first-order chi connectivity index (χ1) is 6.35. The molecule has 70 valence electrons. The van der Waals surface area contributed by atoms with Gasteiger partial charge in [0.25, 0.3) is 0 Å². The van der Waals surface area contributed by atoms with Gasteiger partial charge in [-0.1, -0.05) is 0 Å². The highest BCUT2D eigenvalue weighted by Crippen LogP contribution is 2.47. The van der Waals surface area contributed by atoms with Crippen LogP contribution in [0.5, 0.6) is 0 Å². The Balaban J connectivity index is 1.98. The lowest BCUT2D eigenvalue weighted by molar-refractivity contribution is 0.478. The first-order valence-electron chi connectivity index (χ1n) is 4.88. The summed E-state index contributed by atoms with van der Waals surface area (Å²) in [5, 5.41) is 3.28. The molecular formula is C11H16N2. The Kier molecular flexibility index (Phi) is 2.32. The SMILES string of the molecule is CNCC1(Cc2ccncc2)CC1. The van der Waals surface area contributed by atoms with Crippen LogP contribution in [-0.2, 0) is 6.42 Å². The fraction of sp³-hybridized carbons (Fsp3) is 0.545. The maximum atomic E-state index is 4.03. The molecular weight excluding hydrogens is 160 g/mol. The Bertz CT molecular complexity index is 265. The van der Waals surface area contributed by atoms with Crippen molar-refractivity contribution in [3.05, 3.63) is 30.1 Å². The van der Waals surface area contributed by atoms with Gasteiger partial charge in [-0.2, -0.15) is 0 Å². The molecule has 0 radical (unpaired) electrons. The number of pyridine rings is 1. The predicted molar refractivity (Wildman–Crippen MR) is 53.5 cm³/mol. The van der Waals surface area contributed by atoms with Crippen LogP contribution in [0.1, 0.15) is 18.4 Å². The zero-order valence-corrected chi connectivity index (χ0v) is 8.09. The average Bonchev–Trinajstić information content (AvgIpc) is 2.87. The Hall–Kier alpha value is -0.890. The zero-order chi connectivity index (χ0) is 9.15. The van der Waals surface area contributed by atoms with Gasteiger partial charge in [0.15, 0.2) is 0 Å². The monoisotopic (exact) mass is 176 g/mol. The van der Waals surface area contributed by atoms with Gasteiger partial charge in [0.05, 0.1) is 0 Å². The van der Waals surface area contributed by atoms with E-state index in [0.717, 1.165) is 6.54 Å². The molecule has 0 aliphatic heterocycles. The Morgan fingerprint density at radius 3 is 2.62 bits per heavy atom. The second kappa shape index (κ2) is 3.46. The molecule has 2 rings (SSSR count). The minimum absolute atomic E-state index is 0.566. The highest BCUT2D eigenvalue weighted by molar-refractivity contribution is 5.15. The molecule has 1 aliphatic carbocycles. The maximum absolute atomic E-state index is 4.03. The zero-order valence-electron chi connectivity index (χ0n) is 8.09. The van der Waals surface area contributed by atoms with Gasteiger partial charge in [-0.15, -0.1) is 0 Å². The lowest BCUT2D eigenvalue weighted by atomic mass is 9.97. The fourth-order valence-corrected chi connectivity index (χ4v) is 1.90. The topological polar surface area (TPSA) is 24.9 Å². The molecule has 1 fully saturated rings. The van der Waals surface area contributed by atoms with Crippen LogP contribution in [-0.4, -0.2) is 18.6 Å². The van der Waals surface area contributed by atoms with Crippen molar-refractivity contribution in [3.8, 4) is 0 Å². The molecule has 1 saturated carbocycles. The van der Waals surface area contributed by atoms with E-state index < -0.39 is 0 Å². The number of hydrogen-bond acceptors (Lipinski definition) is 2. The van der Waals surface area contributed by atoms with Crippen LogP contribution in [0.3, 0.4) is 0 Å². The predicted octanol–water partition coefficient (Wildman–Crippen LogP) is 1.62. The van der Waals surface area contributed by atoms with Gasteiger partial charge < -0.3 is 5.32 Å². The summed E-state index contributed by atoms with van der Waals surface area (Å²) in [5.74, 6) is 0. The summed E-state index contributed by atoms with van der Waals surface area (Å²) in [7, 11) is 2.03. The normalized spacial score (nSPS) is 18.5. The summed E-state index contributed by atoms with van der Waals surface area (Å²) < 4.78 is 0. The number of rotatable bonds is 4. The number of hydrogen-bond donors (Lipinski definition) is 1. The van der Waals surface area contributed by atoms with Crippen LogP contribution in [0.2, 0.25) is 0 Å². The number of nitrogens with zero attached hydrogens (tertiary/aromatic N) is 1. The van der Waals surface area contributed by atoms with Crippen molar-refractivity contribution in [3.63, 3.8) is 0 Å². The quantitative estimate of drug-likeness (QED) is 0.754. The van der Waals surface area contributed by atoms with Crippen molar-refractivity contribution in [2.24, 2.45) is 5.41 Å². The maximum Gasteiger partial charge on any atom is 0.0270 e. The van der Waals surface area contributed by atoms with Gasteiger partial charge in [0.1, 0.15) is 0 Å². The van der Waals surface area contributed by atoms with Gasteiger partial charge in [-0.3, -0.25) is 4.98 Å². The molecule has 13 heavy (non-hydrogen) atoms. The van der Waals surface area contributed by atoms with Crippen LogP contribution >= 0.6 is 0 Å². The Labute approximate surface area is 79.4 Å². The first-order valence-corrected chi connectivity index (χ1v) is 4.88. The number of nitrogens with one attached hydrogen (secondary N) is 1. The molecule has 1 aromatic rings. The molecule has 0 bridgehead atoms. The standard InChI is InChI=1S/C11H16N2/c1-12-9-11(4-5-11)8-10-2-6-13-7-3-10/h2-3,6-7,12H,4-5,8-9H2,1H3. The van der Waals surface area contributed by atoms with E-state index in [4.69, 9.17) is 0 Å². The third-order valence-electron chi connectivity index (χ3n) is 2.84. The van der Waals surface area contributed by atoms with E-state index in [-0.39, 0.29) is 0 Å². The molecule has 2 nitrogen and oxygen atoms in total. The average molecular weight is 176 g/mol. The highest BCUT2D eigenvalue weighted by Gasteiger charge is 2.41. The largest absolute Gasteiger partial charge is 0.319 e. The summed E-state index contributed by atoms with van der Waals surface area (Å²) in [4.78, 5) is 4.03.